The van der Waals surface area contributed by atoms with Gasteiger partial charge in [0.25, 0.3) is 5.91 Å². The molecule has 4 rings (SSSR count). The van der Waals surface area contributed by atoms with Gasteiger partial charge in [-0.1, -0.05) is 32.0 Å². The highest BCUT2D eigenvalue weighted by Crippen LogP contribution is 2.31. The maximum absolute atomic E-state index is 14.0. The third-order valence-electron chi connectivity index (χ3n) is 4.97. The fourth-order valence-corrected chi connectivity index (χ4v) is 3.29. The van der Waals surface area contributed by atoms with Crippen LogP contribution in [0.1, 0.15) is 39.3 Å². The average molecular weight is 499 g/mol. The molecule has 1 aliphatic rings. The van der Waals surface area contributed by atoms with Crippen LogP contribution in [0.4, 0.5) is 8.78 Å². The van der Waals surface area contributed by atoms with Crippen molar-refractivity contribution in [2.75, 3.05) is 20.3 Å². The van der Waals surface area contributed by atoms with Gasteiger partial charge >= 0.3 is 0 Å². The third kappa shape index (κ3) is 6.78. The summed E-state index contributed by atoms with van der Waals surface area (Å²) in [6.07, 6.45) is 1.28. The number of benzene rings is 2. The van der Waals surface area contributed by atoms with Crippen LogP contribution in [0.15, 0.2) is 65.8 Å². The molecule has 2 N–H and O–H groups in total. The molecule has 0 saturated heterocycles. The summed E-state index contributed by atoms with van der Waals surface area (Å²) in [7, 11) is 1.51. The Morgan fingerprint density at radius 3 is 2.06 bits per heavy atom. The predicted octanol–water partition coefficient (Wildman–Crippen LogP) is 5.36. The van der Waals surface area contributed by atoms with Crippen LogP contribution in [-0.4, -0.2) is 42.0 Å². The summed E-state index contributed by atoms with van der Waals surface area (Å²) in [5.74, 6) is 0.0293. The Bertz CT molecular complexity index is 1160. The van der Waals surface area contributed by atoms with E-state index in [1.807, 2.05) is 52.0 Å². The Labute approximate surface area is 210 Å². The quantitative estimate of drug-likeness (QED) is 0.462. The highest BCUT2D eigenvalue weighted by molar-refractivity contribution is 6.04. The van der Waals surface area contributed by atoms with Crippen molar-refractivity contribution in [3.8, 4) is 22.6 Å². The minimum atomic E-state index is -0.843. The second-order valence-electron chi connectivity index (χ2n) is 7.18. The molecule has 1 atom stereocenters. The van der Waals surface area contributed by atoms with Crippen LogP contribution >= 0.6 is 0 Å². The number of halogens is 2. The molecule has 7 nitrogen and oxygen atoms in total. The van der Waals surface area contributed by atoms with Gasteiger partial charge in [-0.15, -0.1) is 0 Å². The minimum absolute atomic E-state index is 0.0256. The molecule has 2 heterocycles. The normalized spacial score (nSPS) is 14.2. The van der Waals surface area contributed by atoms with E-state index in [2.05, 4.69) is 9.98 Å². The zero-order chi connectivity index (χ0) is 26.7. The first-order valence-electron chi connectivity index (χ1n) is 11.7. The van der Waals surface area contributed by atoms with Crippen molar-refractivity contribution in [3.63, 3.8) is 0 Å². The smallest absolute Gasteiger partial charge is 0.258 e. The summed E-state index contributed by atoms with van der Waals surface area (Å²) in [5.41, 5.74) is 6.10. The van der Waals surface area contributed by atoms with Crippen molar-refractivity contribution in [3.05, 3.63) is 78.1 Å². The van der Waals surface area contributed by atoms with Crippen LogP contribution < -0.4 is 15.2 Å². The Hall–Kier alpha value is -4.01. The highest BCUT2D eigenvalue weighted by Gasteiger charge is 2.32. The molecule has 192 valence electrons. The summed E-state index contributed by atoms with van der Waals surface area (Å²) >= 11 is 0. The number of carbonyl (C=O) groups excluding carboxylic acids is 1. The van der Waals surface area contributed by atoms with Crippen LogP contribution in [0, 0.1) is 11.8 Å². The number of nitrogens with two attached hydrogens (primary N) is 1. The number of aliphatic imine (C=N–C) groups is 1. The van der Waals surface area contributed by atoms with Crippen molar-refractivity contribution in [2.24, 2.45) is 10.7 Å². The first kappa shape index (κ1) is 28.2. The molecule has 2 aromatic carbocycles. The van der Waals surface area contributed by atoms with Gasteiger partial charge in [-0.25, -0.2) is 14.4 Å². The van der Waals surface area contributed by atoms with E-state index in [1.54, 1.807) is 0 Å². The van der Waals surface area contributed by atoms with Gasteiger partial charge in [0.2, 0.25) is 5.95 Å². The van der Waals surface area contributed by atoms with E-state index in [4.69, 9.17) is 15.2 Å². The van der Waals surface area contributed by atoms with Gasteiger partial charge in [0.15, 0.2) is 23.5 Å². The van der Waals surface area contributed by atoms with E-state index in [0.717, 1.165) is 11.5 Å². The Balaban J connectivity index is 0.000000277. The molecule has 1 unspecified atom stereocenters. The van der Waals surface area contributed by atoms with Crippen molar-refractivity contribution in [1.29, 1.82) is 0 Å². The van der Waals surface area contributed by atoms with Gasteiger partial charge in [-0.2, -0.15) is 4.39 Å². The molecule has 0 saturated carbocycles. The first-order valence-corrected chi connectivity index (χ1v) is 11.7. The van der Waals surface area contributed by atoms with E-state index in [9.17, 15) is 13.6 Å². The monoisotopic (exact) mass is 498 g/mol. The van der Waals surface area contributed by atoms with Crippen LogP contribution in [0.5, 0.6) is 11.5 Å². The molecule has 3 aromatic rings. The second kappa shape index (κ2) is 13.8. The maximum Gasteiger partial charge on any atom is 0.258 e. The Morgan fingerprint density at radius 2 is 1.56 bits per heavy atom. The number of hydrogen-bond acceptors (Lipinski definition) is 6. The summed E-state index contributed by atoms with van der Waals surface area (Å²) in [6.45, 7) is 9.26. The lowest BCUT2D eigenvalue weighted by atomic mass is 9.99. The van der Waals surface area contributed by atoms with Gasteiger partial charge in [0, 0.05) is 24.4 Å². The number of nitrogens with zero attached hydrogens (tertiary/aromatic N) is 3. The molecule has 1 amide bonds. The molecule has 0 bridgehead atoms. The summed E-state index contributed by atoms with van der Waals surface area (Å²) in [4.78, 5) is 20.8. The van der Waals surface area contributed by atoms with Crippen LogP contribution in [0.2, 0.25) is 0 Å². The summed E-state index contributed by atoms with van der Waals surface area (Å²) < 4.78 is 38.5. The number of guanidine groups is 1. The number of amides is 1. The standard InChI is InChI=1S/C15H12F2N4O.C10H14O2.C2H6/c1-21-14(22)12(20-15(21)18)8-4-5-11(16)10(7-8)9-3-2-6-19-13(9)17;1-3-11-9-7-5-6-8-10(9)12-4-2;1-2/h2-7,12H,1H3,(H2,18,20);5-8H,3-4H2,1-2H3;1-2H3. The van der Waals surface area contributed by atoms with Gasteiger partial charge in [0.1, 0.15) is 5.82 Å². The highest BCUT2D eigenvalue weighted by atomic mass is 19.1. The van der Waals surface area contributed by atoms with Crippen molar-refractivity contribution in [1.82, 2.24) is 9.88 Å². The summed E-state index contributed by atoms with van der Waals surface area (Å²) in [6, 6.07) is 13.8. The molecule has 36 heavy (non-hydrogen) atoms. The Morgan fingerprint density at radius 1 is 0.944 bits per heavy atom. The molecule has 0 fully saturated rings. The number of hydrogen-bond donors (Lipinski definition) is 1. The number of pyridine rings is 1. The topological polar surface area (TPSA) is 90.0 Å². The predicted molar refractivity (Wildman–Crippen MR) is 137 cm³/mol. The number of carbonyl (C=O) groups is 1. The first-order chi connectivity index (χ1) is 17.4. The zero-order valence-corrected chi connectivity index (χ0v) is 21.2. The Kier molecular flexibility index (Phi) is 10.8. The number of likely N-dealkylation sites (N-methyl/N-ethyl adjacent to an activating group) is 1. The van der Waals surface area contributed by atoms with E-state index in [0.29, 0.717) is 18.8 Å². The van der Waals surface area contributed by atoms with Crippen molar-refractivity contribution >= 4 is 11.9 Å². The van der Waals surface area contributed by atoms with E-state index in [1.165, 1.54) is 48.5 Å². The molecule has 1 aliphatic heterocycles. The molecule has 0 radical (unpaired) electrons. The third-order valence-corrected chi connectivity index (χ3v) is 4.97. The average Bonchev–Trinajstić information content (AvgIpc) is 3.15. The van der Waals surface area contributed by atoms with Crippen LogP contribution in [-0.2, 0) is 4.79 Å². The van der Waals surface area contributed by atoms with E-state index >= 15 is 0 Å². The molecular weight excluding hydrogens is 466 g/mol. The molecule has 1 aromatic heterocycles. The molecule has 9 heteroatoms. The fourth-order valence-electron chi connectivity index (χ4n) is 3.29. The van der Waals surface area contributed by atoms with Crippen molar-refractivity contribution < 1.29 is 23.0 Å². The lowest BCUT2D eigenvalue weighted by Crippen LogP contribution is -2.34. The van der Waals surface area contributed by atoms with Gasteiger partial charge in [-0.05, 0) is 55.8 Å². The zero-order valence-electron chi connectivity index (χ0n) is 21.2. The summed E-state index contributed by atoms with van der Waals surface area (Å²) in [5, 5.41) is 0. The maximum atomic E-state index is 14.0. The lowest BCUT2D eigenvalue weighted by Gasteiger charge is -2.12. The molecule has 0 aliphatic carbocycles. The van der Waals surface area contributed by atoms with Gasteiger partial charge < -0.3 is 15.2 Å². The van der Waals surface area contributed by atoms with Gasteiger partial charge in [-0.3, -0.25) is 9.69 Å². The SMILES string of the molecule is CC.CCOc1ccccc1OCC.CN1C(=O)C(c2ccc(F)c(-c3cccnc3F)c2)N=C1N. The fraction of sp³-hybridized carbons (Fsp3) is 0.296. The van der Waals surface area contributed by atoms with E-state index in [-0.39, 0.29) is 23.0 Å². The number of para-hydroxylation sites is 2. The largest absolute Gasteiger partial charge is 0.490 e. The van der Waals surface area contributed by atoms with Crippen molar-refractivity contribution in [2.45, 2.75) is 33.7 Å². The molecular formula is C27H32F2N4O3. The lowest BCUT2D eigenvalue weighted by molar-refractivity contribution is -0.126. The minimum Gasteiger partial charge on any atom is -0.490 e. The van der Waals surface area contributed by atoms with Gasteiger partial charge in [0.05, 0.1) is 13.2 Å². The van der Waals surface area contributed by atoms with Crippen LogP contribution in [0.3, 0.4) is 0 Å². The second-order valence-corrected chi connectivity index (χ2v) is 7.18. The number of aromatic nitrogens is 1. The van der Waals surface area contributed by atoms with Crippen LogP contribution in [0.25, 0.3) is 11.1 Å². The molecule has 0 spiro atoms. The van der Waals surface area contributed by atoms with E-state index < -0.39 is 17.8 Å². The number of ether oxygens (including phenoxy) is 2. The number of rotatable bonds is 6.